The lowest BCUT2D eigenvalue weighted by molar-refractivity contribution is -0.124. The summed E-state index contributed by atoms with van der Waals surface area (Å²) in [6, 6.07) is 14.6. The van der Waals surface area contributed by atoms with Gasteiger partial charge in [-0.25, -0.2) is 9.37 Å². The molecule has 0 aliphatic heterocycles. The van der Waals surface area contributed by atoms with E-state index in [1.807, 2.05) is 12.1 Å². The zero-order chi connectivity index (χ0) is 22.3. The SMILES string of the molecule is O=C(COc1ccc(Cl)c(F)c1)NC1CC2(Nc3cccc(-n4ccccc4=O)n3)CC12. The van der Waals surface area contributed by atoms with Crippen molar-refractivity contribution in [3.63, 3.8) is 0 Å². The van der Waals surface area contributed by atoms with Gasteiger partial charge in [-0.05, 0) is 43.2 Å². The van der Waals surface area contributed by atoms with E-state index in [-0.39, 0.29) is 40.4 Å². The molecular formula is C23H20ClFN4O3. The molecule has 2 aliphatic rings. The molecule has 2 fully saturated rings. The first-order chi connectivity index (χ1) is 15.4. The van der Waals surface area contributed by atoms with Crippen LogP contribution in [0.25, 0.3) is 5.82 Å². The highest BCUT2D eigenvalue weighted by Gasteiger charge is 2.68. The van der Waals surface area contributed by atoms with E-state index in [9.17, 15) is 14.0 Å². The molecule has 2 aliphatic carbocycles. The van der Waals surface area contributed by atoms with Crippen LogP contribution in [0.4, 0.5) is 10.2 Å². The zero-order valence-corrected chi connectivity index (χ0v) is 17.7. The molecular weight excluding hydrogens is 435 g/mol. The van der Waals surface area contributed by atoms with E-state index in [0.29, 0.717) is 17.6 Å². The molecule has 2 saturated carbocycles. The largest absolute Gasteiger partial charge is 0.484 e. The van der Waals surface area contributed by atoms with E-state index in [4.69, 9.17) is 16.3 Å². The van der Waals surface area contributed by atoms with Crippen molar-refractivity contribution in [3.05, 3.63) is 82.0 Å². The molecule has 5 rings (SSSR count). The number of rotatable bonds is 7. The summed E-state index contributed by atoms with van der Waals surface area (Å²) in [5.74, 6) is 0.959. The van der Waals surface area contributed by atoms with Gasteiger partial charge in [-0.15, -0.1) is 0 Å². The monoisotopic (exact) mass is 454 g/mol. The topological polar surface area (TPSA) is 85.2 Å². The van der Waals surface area contributed by atoms with E-state index in [1.165, 1.54) is 22.8 Å². The highest BCUT2D eigenvalue weighted by atomic mass is 35.5. The third kappa shape index (κ3) is 3.93. The van der Waals surface area contributed by atoms with Gasteiger partial charge in [0.1, 0.15) is 23.2 Å². The molecule has 2 N–H and O–H groups in total. The Morgan fingerprint density at radius 1 is 1.22 bits per heavy atom. The van der Waals surface area contributed by atoms with Crippen molar-refractivity contribution in [2.45, 2.75) is 24.4 Å². The Morgan fingerprint density at radius 2 is 2.09 bits per heavy atom. The quantitative estimate of drug-likeness (QED) is 0.573. The first-order valence-electron chi connectivity index (χ1n) is 10.2. The van der Waals surface area contributed by atoms with Crippen molar-refractivity contribution in [2.24, 2.45) is 5.92 Å². The number of ether oxygens (including phenoxy) is 1. The van der Waals surface area contributed by atoms with Crippen LogP contribution in [0.5, 0.6) is 5.75 Å². The van der Waals surface area contributed by atoms with E-state index in [2.05, 4.69) is 15.6 Å². The minimum Gasteiger partial charge on any atom is -0.484 e. The number of pyridine rings is 2. The van der Waals surface area contributed by atoms with Crippen LogP contribution in [0, 0.1) is 11.7 Å². The Hall–Kier alpha value is -3.39. The van der Waals surface area contributed by atoms with Crippen LogP contribution >= 0.6 is 11.6 Å². The van der Waals surface area contributed by atoms with E-state index in [1.54, 1.807) is 24.4 Å². The van der Waals surface area contributed by atoms with Gasteiger partial charge in [-0.2, -0.15) is 0 Å². The normalized spacial score (nSPS) is 22.9. The van der Waals surface area contributed by atoms with Gasteiger partial charge in [-0.1, -0.05) is 23.7 Å². The summed E-state index contributed by atoms with van der Waals surface area (Å²) in [6.07, 6.45) is 3.39. The van der Waals surface area contributed by atoms with Crippen molar-refractivity contribution >= 4 is 23.3 Å². The number of carbonyl (C=O) groups is 1. The molecule has 3 aromatic rings. The predicted molar refractivity (Wildman–Crippen MR) is 118 cm³/mol. The van der Waals surface area contributed by atoms with Gasteiger partial charge in [0.25, 0.3) is 11.5 Å². The number of nitrogens with one attached hydrogen (secondary N) is 2. The number of hydrogen-bond acceptors (Lipinski definition) is 5. The third-order valence-corrected chi connectivity index (χ3v) is 6.30. The van der Waals surface area contributed by atoms with Crippen molar-refractivity contribution in [1.29, 1.82) is 0 Å². The second-order valence-corrected chi connectivity index (χ2v) is 8.53. The summed E-state index contributed by atoms with van der Waals surface area (Å²) in [7, 11) is 0. The summed E-state index contributed by atoms with van der Waals surface area (Å²) < 4.78 is 20.3. The Morgan fingerprint density at radius 3 is 2.88 bits per heavy atom. The maximum atomic E-state index is 13.5. The fourth-order valence-corrected chi connectivity index (χ4v) is 4.40. The van der Waals surface area contributed by atoms with Crippen LogP contribution in [0.2, 0.25) is 5.02 Å². The first-order valence-corrected chi connectivity index (χ1v) is 10.6. The van der Waals surface area contributed by atoms with Crippen LogP contribution in [0.3, 0.4) is 0 Å². The Kier molecular flexibility index (Phi) is 5.09. The molecule has 9 heteroatoms. The Balaban J connectivity index is 1.14. The maximum absolute atomic E-state index is 13.5. The standard InChI is InChI=1S/C23H20ClFN4O3/c24-16-8-7-14(10-17(16)25)32-13-21(30)26-18-12-23(11-15(18)23)28-19-4-3-5-20(27-19)29-9-2-1-6-22(29)31/h1-10,15,18H,11-13H2,(H,26,30)(H,27,28). The van der Waals surface area contributed by atoms with Crippen LogP contribution < -0.4 is 20.9 Å². The Bertz CT molecular complexity index is 1250. The van der Waals surface area contributed by atoms with Gasteiger partial charge in [0.15, 0.2) is 6.61 Å². The molecule has 0 bridgehead atoms. The summed E-state index contributed by atoms with van der Waals surface area (Å²) in [4.78, 5) is 28.8. The number of aromatic nitrogens is 2. The second-order valence-electron chi connectivity index (χ2n) is 8.12. The molecule has 0 radical (unpaired) electrons. The molecule has 7 nitrogen and oxygen atoms in total. The molecule has 1 aromatic carbocycles. The molecule has 0 saturated heterocycles. The minimum absolute atomic E-state index is 0.00435. The highest BCUT2D eigenvalue weighted by molar-refractivity contribution is 6.30. The number of anilines is 1. The summed E-state index contributed by atoms with van der Waals surface area (Å²) in [5, 5.41) is 6.44. The van der Waals surface area contributed by atoms with Gasteiger partial charge in [0.05, 0.1) is 5.02 Å². The second kappa shape index (κ2) is 7.94. The van der Waals surface area contributed by atoms with E-state index in [0.717, 1.165) is 18.9 Å². The lowest BCUT2D eigenvalue weighted by Crippen LogP contribution is -2.52. The van der Waals surface area contributed by atoms with Crippen LogP contribution in [0.1, 0.15) is 12.8 Å². The number of carbonyl (C=O) groups excluding carboxylic acids is 1. The summed E-state index contributed by atoms with van der Waals surface area (Å²) in [5.41, 5.74) is -0.222. The molecule has 3 atom stereocenters. The van der Waals surface area contributed by atoms with Crippen LogP contribution in [-0.4, -0.2) is 33.6 Å². The van der Waals surface area contributed by atoms with E-state index >= 15 is 0 Å². The molecule has 3 unspecified atom stereocenters. The predicted octanol–water partition coefficient (Wildman–Crippen LogP) is 3.16. The van der Waals surface area contributed by atoms with Gasteiger partial charge >= 0.3 is 0 Å². The van der Waals surface area contributed by atoms with Gasteiger partial charge in [0.2, 0.25) is 0 Å². The van der Waals surface area contributed by atoms with Gasteiger partial charge in [-0.3, -0.25) is 14.2 Å². The fraction of sp³-hybridized carbons (Fsp3) is 0.261. The van der Waals surface area contributed by atoms with Crippen molar-refractivity contribution in [1.82, 2.24) is 14.9 Å². The Labute approximate surface area is 188 Å². The molecule has 0 spiro atoms. The minimum atomic E-state index is -0.591. The van der Waals surface area contributed by atoms with Crippen molar-refractivity contribution in [2.75, 3.05) is 11.9 Å². The van der Waals surface area contributed by atoms with E-state index < -0.39 is 5.82 Å². The lowest BCUT2D eigenvalue weighted by Gasteiger charge is -2.36. The summed E-state index contributed by atoms with van der Waals surface area (Å²) >= 11 is 5.64. The highest BCUT2D eigenvalue weighted by Crippen LogP contribution is 2.61. The van der Waals surface area contributed by atoms with Gasteiger partial charge < -0.3 is 15.4 Å². The van der Waals surface area contributed by atoms with Crippen LogP contribution in [0.15, 0.2) is 65.6 Å². The zero-order valence-electron chi connectivity index (χ0n) is 16.9. The number of amides is 1. The number of hydrogen-bond donors (Lipinski definition) is 2. The number of nitrogens with zero attached hydrogens (tertiary/aromatic N) is 2. The fourth-order valence-electron chi connectivity index (χ4n) is 4.28. The molecule has 1 amide bonds. The first kappa shape index (κ1) is 20.5. The number of fused-ring (bicyclic) bond motifs is 1. The van der Waals surface area contributed by atoms with Crippen LogP contribution in [-0.2, 0) is 4.79 Å². The van der Waals surface area contributed by atoms with Crippen molar-refractivity contribution in [3.8, 4) is 11.6 Å². The molecule has 2 heterocycles. The average Bonchev–Trinajstić information content (AvgIpc) is 3.37. The molecule has 164 valence electrons. The number of benzene rings is 1. The lowest BCUT2D eigenvalue weighted by atomic mass is 9.86. The molecule has 32 heavy (non-hydrogen) atoms. The van der Waals surface area contributed by atoms with Crippen molar-refractivity contribution < 1.29 is 13.9 Å². The number of halogens is 2. The maximum Gasteiger partial charge on any atom is 0.258 e. The smallest absolute Gasteiger partial charge is 0.258 e. The average molecular weight is 455 g/mol. The third-order valence-electron chi connectivity index (χ3n) is 5.99. The van der Waals surface area contributed by atoms with Gasteiger partial charge in [0, 0.05) is 35.8 Å². The molecule has 2 aromatic heterocycles. The summed E-state index contributed by atoms with van der Waals surface area (Å²) in [6.45, 7) is -0.194.